The highest BCUT2D eigenvalue weighted by Crippen LogP contribution is 2.37. The van der Waals surface area contributed by atoms with E-state index in [0.29, 0.717) is 23.4 Å². The third kappa shape index (κ3) is 2.62. The molecule has 4 aromatic rings. The summed E-state index contributed by atoms with van der Waals surface area (Å²) in [4.78, 5) is 31.3. The van der Waals surface area contributed by atoms with Crippen LogP contribution in [0.1, 0.15) is 22.4 Å². The van der Waals surface area contributed by atoms with Crippen molar-refractivity contribution in [2.24, 2.45) is 0 Å². The van der Waals surface area contributed by atoms with Gasteiger partial charge in [-0.1, -0.05) is 30.3 Å². The molecule has 0 aliphatic heterocycles. The number of aliphatic carboxylic acids is 1. The van der Waals surface area contributed by atoms with Gasteiger partial charge < -0.3 is 10.1 Å². The standard InChI is InChI=1S/C22H14N4O3/c23-10-12-3-1-5-14(7-12)17-11-26-18-9-16-13(8-19(27)28)4-2-6-15(16)20(18)25-22(29)21(26)24-17/h1-7,11H,8-9H2,(H,25,29)(H,27,28). The number of nitrogens with one attached hydrogen (secondary N) is 1. The lowest BCUT2D eigenvalue weighted by Crippen LogP contribution is -2.13. The van der Waals surface area contributed by atoms with Crippen LogP contribution in [-0.2, 0) is 17.6 Å². The van der Waals surface area contributed by atoms with E-state index in [1.54, 1.807) is 40.9 Å². The van der Waals surface area contributed by atoms with Gasteiger partial charge >= 0.3 is 5.97 Å². The van der Waals surface area contributed by atoms with E-state index >= 15 is 0 Å². The van der Waals surface area contributed by atoms with Crippen molar-refractivity contribution >= 4 is 11.6 Å². The number of hydrogen-bond acceptors (Lipinski definition) is 4. The largest absolute Gasteiger partial charge is 0.481 e. The molecule has 140 valence electrons. The summed E-state index contributed by atoms with van der Waals surface area (Å²) in [5.74, 6) is -0.893. The summed E-state index contributed by atoms with van der Waals surface area (Å²) in [6, 6.07) is 14.7. The van der Waals surface area contributed by atoms with Crippen LogP contribution < -0.4 is 5.56 Å². The molecule has 1 aliphatic carbocycles. The molecular formula is C22H14N4O3. The maximum absolute atomic E-state index is 12.7. The number of aromatic nitrogens is 3. The smallest absolute Gasteiger partial charge is 0.307 e. The van der Waals surface area contributed by atoms with Gasteiger partial charge in [-0.3, -0.25) is 14.0 Å². The second kappa shape index (κ2) is 6.17. The minimum atomic E-state index is -0.893. The van der Waals surface area contributed by atoms with Crippen LogP contribution in [0.2, 0.25) is 0 Å². The predicted molar refractivity (Wildman–Crippen MR) is 106 cm³/mol. The Morgan fingerprint density at radius 1 is 1.28 bits per heavy atom. The first-order chi connectivity index (χ1) is 14.0. The van der Waals surface area contributed by atoms with Crippen LogP contribution in [0.4, 0.5) is 0 Å². The number of benzene rings is 2. The fraction of sp³-hybridized carbons (Fsp3) is 0.0909. The van der Waals surface area contributed by atoms with Crippen molar-refractivity contribution in [1.82, 2.24) is 14.4 Å². The average Bonchev–Trinajstić information content (AvgIpc) is 3.31. The van der Waals surface area contributed by atoms with Crippen molar-refractivity contribution < 1.29 is 9.90 Å². The summed E-state index contributed by atoms with van der Waals surface area (Å²) >= 11 is 0. The highest BCUT2D eigenvalue weighted by Gasteiger charge is 2.26. The second-order valence-corrected chi connectivity index (χ2v) is 6.98. The number of rotatable bonds is 3. The number of nitriles is 1. The molecule has 2 N–H and O–H groups in total. The highest BCUT2D eigenvalue weighted by atomic mass is 16.4. The number of aromatic amines is 1. The lowest BCUT2D eigenvalue weighted by molar-refractivity contribution is -0.136. The zero-order valence-electron chi connectivity index (χ0n) is 15.1. The van der Waals surface area contributed by atoms with Crippen molar-refractivity contribution in [1.29, 1.82) is 5.26 Å². The summed E-state index contributed by atoms with van der Waals surface area (Å²) in [7, 11) is 0. The van der Waals surface area contributed by atoms with Crippen LogP contribution in [0.5, 0.6) is 0 Å². The third-order valence-electron chi connectivity index (χ3n) is 5.24. The van der Waals surface area contributed by atoms with Crippen molar-refractivity contribution in [3.63, 3.8) is 0 Å². The molecule has 0 radical (unpaired) electrons. The molecule has 0 unspecified atom stereocenters. The van der Waals surface area contributed by atoms with Crippen LogP contribution in [0.15, 0.2) is 53.5 Å². The van der Waals surface area contributed by atoms with Gasteiger partial charge in [0, 0.05) is 23.7 Å². The Balaban J connectivity index is 1.70. The van der Waals surface area contributed by atoms with E-state index in [4.69, 9.17) is 5.26 Å². The number of nitrogens with zero attached hydrogens (tertiary/aromatic N) is 3. The summed E-state index contributed by atoms with van der Waals surface area (Å²) < 4.78 is 1.77. The summed E-state index contributed by atoms with van der Waals surface area (Å²) in [5.41, 5.74) is 5.88. The zero-order valence-corrected chi connectivity index (χ0v) is 15.1. The molecule has 0 bridgehead atoms. The molecular weight excluding hydrogens is 368 g/mol. The Hall–Kier alpha value is -4.18. The van der Waals surface area contributed by atoms with Crippen molar-refractivity contribution in [3.8, 4) is 28.6 Å². The van der Waals surface area contributed by atoms with Crippen LogP contribution in [0.3, 0.4) is 0 Å². The minimum absolute atomic E-state index is 0.0688. The molecule has 5 rings (SSSR count). The number of fused-ring (bicyclic) bond motifs is 5. The topological polar surface area (TPSA) is 111 Å². The Morgan fingerprint density at radius 3 is 2.90 bits per heavy atom. The van der Waals surface area contributed by atoms with Gasteiger partial charge in [0.2, 0.25) is 5.65 Å². The van der Waals surface area contributed by atoms with E-state index in [-0.39, 0.29) is 17.6 Å². The first-order valence-electron chi connectivity index (χ1n) is 9.03. The second-order valence-electron chi connectivity index (χ2n) is 6.98. The Kier molecular flexibility index (Phi) is 3.61. The Bertz CT molecular complexity index is 1420. The van der Waals surface area contributed by atoms with Crippen molar-refractivity contribution in [2.75, 3.05) is 0 Å². The molecule has 7 nitrogen and oxygen atoms in total. The van der Waals surface area contributed by atoms with Gasteiger partial charge in [-0.15, -0.1) is 0 Å². The molecule has 1 aliphatic rings. The maximum Gasteiger partial charge on any atom is 0.307 e. The van der Waals surface area contributed by atoms with Crippen molar-refractivity contribution in [3.05, 3.63) is 81.4 Å². The average molecular weight is 382 g/mol. The summed E-state index contributed by atoms with van der Waals surface area (Å²) in [6.07, 6.45) is 2.23. The van der Waals surface area contributed by atoms with Gasteiger partial charge in [0.05, 0.1) is 35.1 Å². The SMILES string of the molecule is N#Cc1cccc(-c2cn3c4c([nH]c(=O)c3n2)-c2cccc(CC(=O)O)c2C4)c1. The minimum Gasteiger partial charge on any atom is -0.481 e. The Labute approximate surface area is 164 Å². The van der Waals surface area contributed by atoms with E-state index in [1.165, 1.54) is 0 Å². The van der Waals surface area contributed by atoms with Crippen molar-refractivity contribution in [2.45, 2.75) is 12.8 Å². The molecule has 0 amide bonds. The van der Waals surface area contributed by atoms with Gasteiger partial charge in [-0.05, 0) is 23.3 Å². The monoisotopic (exact) mass is 382 g/mol. The van der Waals surface area contributed by atoms with Gasteiger partial charge in [0.1, 0.15) is 0 Å². The lowest BCUT2D eigenvalue weighted by Gasteiger charge is -2.05. The van der Waals surface area contributed by atoms with Gasteiger partial charge in [-0.2, -0.15) is 5.26 Å². The van der Waals surface area contributed by atoms with Crippen LogP contribution in [0, 0.1) is 11.3 Å². The first-order valence-corrected chi connectivity index (χ1v) is 9.03. The molecule has 29 heavy (non-hydrogen) atoms. The number of carboxylic acids is 1. The van der Waals surface area contributed by atoms with E-state index in [9.17, 15) is 14.7 Å². The van der Waals surface area contributed by atoms with E-state index < -0.39 is 5.97 Å². The molecule has 0 saturated carbocycles. The molecule has 0 fully saturated rings. The number of carboxylic acid groups (broad SMARTS) is 1. The number of carbonyl (C=O) groups is 1. The summed E-state index contributed by atoms with van der Waals surface area (Å²) in [5, 5.41) is 18.3. The zero-order chi connectivity index (χ0) is 20.1. The van der Waals surface area contributed by atoms with E-state index in [2.05, 4.69) is 16.0 Å². The van der Waals surface area contributed by atoms with Crippen LogP contribution >= 0.6 is 0 Å². The third-order valence-corrected chi connectivity index (χ3v) is 5.24. The molecule has 0 saturated heterocycles. The Morgan fingerprint density at radius 2 is 2.10 bits per heavy atom. The van der Waals surface area contributed by atoms with Gasteiger partial charge in [0.15, 0.2) is 0 Å². The van der Waals surface area contributed by atoms with Crippen LogP contribution in [0.25, 0.3) is 28.2 Å². The normalized spacial score (nSPS) is 11.8. The fourth-order valence-electron chi connectivity index (χ4n) is 3.97. The van der Waals surface area contributed by atoms with E-state index in [1.807, 2.05) is 12.1 Å². The van der Waals surface area contributed by atoms with E-state index in [0.717, 1.165) is 27.9 Å². The molecule has 2 aromatic heterocycles. The molecule has 0 spiro atoms. The number of imidazole rings is 1. The number of H-pyrrole nitrogens is 1. The maximum atomic E-state index is 12.7. The lowest BCUT2D eigenvalue weighted by atomic mass is 10.0. The quantitative estimate of drug-likeness (QED) is 0.498. The molecule has 0 atom stereocenters. The number of hydrogen-bond donors (Lipinski definition) is 2. The molecule has 7 heteroatoms. The first kappa shape index (κ1) is 17.0. The molecule has 2 heterocycles. The fourth-order valence-corrected chi connectivity index (χ4v) is 3.97. The summed E-state index contributed by atoms with van der Waals surface area (Å²) in [6.45, 7) is 0. The van der Waals surface area contributed by atoms with Gasteiger partial charge in [-0.25, -0.2) is 4.98 Å². The van der Waals surface area contributed by atoms with Gasteiger partial charge in [0.25, 0.3) is 5.56 Å². The van der Waals surface area contributed by atoms with Crippen LogP contribution in [-0.4, -0.2) is 25.4 Å². The predicted octanol–water partition coefficient (Wildman–Crippen LogP) is 2.76. The molecule has 2 aromatic carbocycles. The highest BCUT2D eigenvalue weighted by molar-refractivity contribution is 5.79.